The number of hydrogen-bond acceptors (Lipinski definition) is 5. The van der Waals surface area contributed by atoms with Gasteiger partial charge in [-0.3, -0.25) is 0 Å². The van der Waals surface area contributed by atoms with Crippen molar-refractivity contribution in [3.8, 4) is 0 Å². The number of nitrogens with one attached hydrogen (secondary N) is 1. The van der Waals surface area contributed by atoms with E-state index in [4.69, 9.17) is 4.74 Å². The highest BCUT2D eigenvalue weighted by molar-refractivity contribution is 5.94. The summed E-state index contributed by atoms with van der Waals surface area (Å²) in [7, 11) is 3.34. The molecular weight excluding hydrogens is 230 g/mol. The number of esters is 1. The van der Waals surface area contributed by atoms with Crippen LogP contribution in [-0.2, 0) is 4.74 Å². The molecule has 0 amide bonds. The van der Waals surface area contributed by atoms with Crippen molar-refractivity contribution in [3.63, 3.8) is 0 Å². The van der Waals surface area contributed by atoms with Crippen molar-refractivity contribution in [1.82, 2.24) is 10.3 Å². The van der Waals surface area contributed by atoms with E-state index < -0.39 is 0 Å². The Morgan fingerprint density at radius 1 is 1.67 bits per heavy atom. The van der Waals surface area contributed by atoms with Gasteiger partial charge in [0, 0.05) is 25.8 Å². The van der Waals surface area contributed by atoms with Crippen molar-refractivity contribution in [2.45, 2.75) is 18.9 Å². The molecule has 18 heavy (non-hydrogen) atoms. The van der Waals surface area contributed by atoms with Gasteiger partial charge in [0.2, 0.25) is 0 Å². The van der Waals surface area contributed by atoms with Crippen LogP contribution in [0.4, 0.5) is 5.82 Å². The first kappa shape index (κ1) is 12.8. The fourth-order valence-electron chi connectivity index (χ4n) is 2.30. The smallest absolute Gasteiger partial charge is 0.341 e. The van der Waals surface area contributed by atoms with E-state index in [0.29, 0.717) is 17.4 Å². The number of ether oxygens (including phenoxy) is 1. The topological polar surface area (TPSA) is 54.5 Å². The van der Waals surface area contributed by atoms with Crippen molar-refractivity contribution < 1.29 is 9.53 Å². The Balaban J connectivity index is 2.13. The lowest BCUT2D eigenvalue weighted by molar-refractivity contribution is 0.0601. The van der Waals surface area contributed by atoms with Crippen molar-refractivity contribution in [2.75, 3.05) is 32.1 Å². The Labute approximate surface area is 107 Å². The van der Waals surface area contributed by atoms with Crippen LogP contribution in [0.25, 0.3) is 0 Å². The molecule has 5 heteroatoms. The summed E-state index contributed by atoms with van der Waals surface area (Å²) in [5.74, 6) is 0.336. The normalized spacial score (nSPS) is 18.7. The first-order valence-corrected chi connectivity index (χ1v) is 6.20. The van der Waals surface area contributed by atoms with Gasteiger partial charge in [-0.05, 0) is 31.5 Å². The maximum Gasteiger partial charge on any atom is 0.341 e. The van der Waals surface area contributed by atoms with Crippen LogP contribution in [0.5, 0.6) is 0 Å². The number of anilines is 1. The lowest BCUT2D eigenvalue weighted by Gasteiger charge is -2.23. The van der Waals surface area contributed by atoms with Crippen LogP contribution in [0.15, 0.2) is 18.3 Å². The van der Waals surface area contributed by atoms with Gasteiger partial charge in [0.25, 0.3) is 0 Å². The molecule has 1 N–H and O–H groups in total. The van der Waals surface area contributed by atoms with Crippen molar-refractivity contribution in [2.24, 2.45) is 0 Å². The van der Waals surface area contributed by atoms with Crippen LogP contribution >= 0.6 is 0 Å². The van der Waals surface area contributed by atoms with Gasteiger partial charge in [-0.15, -0.1) is 0 Å². The minimum Gasteiger partial charge on any atom is -0.465 e. The standard InChI is InChI=1S/C13H19N3O2/c1-16(9-10-5-3-7-14-10)12-11(13(17)18-2)6-4-8-15-12/h4,6,8,10,14H,3,5,7,9H2,1-2H3. The molecule has 0 aromatic carbocycles. The van der Waals surface area contributed by atoms with E-state index in [0.717, 1.165) is 13.1 Å². The molecule has 2 heterocycles. The molecule has 1 unspecified atom stereocenters. The number of nitrogens with zero attached hydrogens (tertiary/aromatic N) is 2. The van der Waals surface area contributed by atoms with Crippen LogP contribution < -0.4 is 10.2 Å². The molecule has 0 aliphatic carbocycles. The minimum absolute atomic E-state index is 0.343. The lowest BCUT2D eigenvalue weighted by Crippen LogP contribution is -2.36. The molecule has 1 fully saturated rings. The molecule has 1 saturated heterocycles. The van der Waals surface area contributed by atoms with E-state index in [2.05, 4.69) is 10.3 Å². The molecule has 0 radical (unpaired) electrons. The second-order valence-electron chi connectivity index (χ2n) is 4.54. The Bertz CT molecular complexity index is 416. The first-order chi connectivity index (χ1) is 8.72. The highest BCUT2D eigenvalue weighted by Crippen LogP contribution is 2.18. The maximum atomic E-state index is 11.7. The quantitative estimate of drug-likeness (QED) is 0.809. The van der Waals surface area contributed by atoms with E-state index in [-0.39, 0.29) is 5.97 Å². The Morgan fingerprint density at radius 2 is 2.50 bits per heavy atom. The number of methoxy groups -OCH3 is 1. The van der Waals surface area contributed by atoms with E-state index in [1.807, 2.05) is 11.9 Å². The van der Waals surface area contributed by atoms with Gasteiger partial charge >= 0.3 is 5.97 Å². The predicted octanol–water partition coefficient (Wildman–Crippen LogP) is 1.06. The zero-order valence-corrected chi connectivity index (χ0v) is 10.8. The van der Waals surface area contributed by atoms with E-state index >= 15 is 0 Å². The van der Waals surface area contributed by atoms with Gasteiger partial charge in [0.15, 0.2) is 0 Å². The largest absolute Gasteiger partial charge is 0.465 e. The van der Waals surface area contributed by atoms with Gasteiger partial charge < -0.3 is 15.0 Å². The zero-order valence-electron chi connectivity index (χ0n) is 10.8. The lowest BCUT2D eigenvalue weighted by atomic mass is 10.2. The maximum absolute atomic E-state index is 11.7. The predicted molar refractivity (Wildman–Crippen MR) is 69.9 cm³/mol. The van der Waals surface area contributed by atoms with E-state index in [1.165, 1.54) is 20.0 Å². The summed E-state index contributed by atoms with van der Waals surface area (Å²) in [5.41, 5.74) is 0.514. The molecule has 1 aliphatic rings. The van der Waals surface area contributed by atoms with Gasteiger partial charge in [0.1, 0.15) is 11.4 Å². The fourth-order valence-corrected chi connectivity index (χ4v) is 2.30. The van der Waals surface area contributed by atoms with Gasteiger partial charge in [-0.1, -0.05) is 0 Å². The van der Waals surface area contributed by atoms with Gasteiger partial charge in [-0.25, -0.2) is 9.78 Å². The van der Waals surface area contributed by atoms with Gasteiger partial charge in [-0.2, -0.15) is 0 Å². The molecule has 1 aromatic heterocycles. The Hall–Kier alpha value is -1.62. The summed E-state index contributed by atoms with van der Waals surface area (Å²) in [6, 6.07) is 3.96. The van der Waals surface area contributed by atoms with Crippen LogP contribution in [0.1, 0.15) is 23.2 Å². The molecule has 0 bridgehead atoms. The summed E-state index contributed by atoms with van der Waals surface area (Å²) >= 11 is 0. The average molecular weight is 249 g/mol. The summed E-state index contributed by atoms with van der Waals surface area (Å²) in [6.45, 7) is 1.92. The summed E-state index contributed by atoms with van der Waals surface area (Å²) in [4.78, 5) is 18.0. The monoisotopic (exact) mass is 249 g/mol. The molecule has 5 nitrogen and oxygen atoms in total. The number of rotatable bonds is 4. The minimum atomic E-state index is -0.343. The van der Waals surface area contributed by atoms with E-state index in [9.17, 15) is 4.79 Å². The number of hydrogen-bond donors (Lipinski definition) is 1. The average Bonchev–Trinajstić information content (AvgIpc) is 2.90. The highest BCUT2D eigenvalue weighted by atomic mass is 16.5. The highest BCUT2D eigenvalue weighted by Gasteiger charge is 2.20. The molecule has 1 aromatic rings. The molecule has 98 valence electrons. The summed E-state index contributed by atoms with van der Waals surface area (Å²) < 4.78 is 4.78. The number of likely N-dealkylation sites (N-methyl/N-ethyl adjacent to an activating group) is 1. The first-order valence-electron chi connectivity index (χ1n) is 6.20. The zero-order chi connectivity index (χ0) is 13.0. The second kappa shape index (κ2) is 5.82. The molecule has 0 spiro atoms. The summed E-state index contributed by atoms with van der Waals surface area (Å²) in [5, 5.41) is 3.43. The van der Waals surface area contributed by atoms with E-state index in [1.54, 1.807) is 18.3 Å². The fraction of sp³-hybridized carbons (Fsp3) is 0.538. The molecule has 1 aliphatic heterocycles. The SMILES string of the molecule is COC(=O)c1cccnc1N(C)CC1CCCN1. The van der Waals surface area contributed by atoms with Crippen molar-refractivity contribution in [1.29, 1.82) is 0 Å². The third-order valence-electron chi connectivity index (χ3n) is 3.21. The molecule has 2 rings (SSSR count). The van der Waals surface area contributed by atoms with Crippen molar-refractivity contribution >= 4 is 11.8 Å². The summed E-state index contributed by atoms with van der Waals surface area (Å²) in [6.07, 6.45) is 4.08. The third-order valence-corrected chi connectivity index (χ3v) is 3.21. The molecule has 1 atom stereocenters. The van der Waals surface area contributed by atoms with Gasteiger partial charge in [0.05, 0.1) is 7.11 Å². The Morgan fingerprint density at radius 3 is 3.17 bits per heavy atom. The second-order valence-corrected chi connectivity index (χ2v) is 4.54. The number of carbonyl (C=O) groups excluding carboxylic acids is 1. The molecule has 0 saturated carbocycles. The number of aromatic nitrogens is 1. The number of pyridine rings is 1. The molecular formula is C13H19N3O2. The Kier molecular flexibility index (Phi) is 4.15. The number of carbonyl (C=O) groups is 1. The van der Waals surface area contributed by atoms with Crippen LogP contribution in [0.2, 0.25) is 0 Å². The third kappa shape index (κ3) is 2.79. The van der Waals surface area contributed by atoms with Crippen molar-refractivity contribution in [3.05, 3.63) is 23.9 Å². The van der Waals surface area contributed by atoms with Crippen LogP contribution in [0, 0.1) is 0 Å². The van der Waals surface area contributed by atoms with Crippen LogP contribution in [0.3, 0.4) is 0 Å². The van der Waals surface area contributed by atoms with Crippen LogP contribution in [-0.4, -0.2) is 44.2 Å².